The molecule has 1 aromatic heterocycles. The molecular formula is C22H21N3O5. The molecule has 8 nitrogen and oxygen atoms in total. The van der Waals surface area contributed by atoms with Gasteiger partial charge in [0.15, 0.2) is 0 Å². The van der Waals surface area contributed by atoms with Gasteiger partial charge in [-0.25, -0.2) is 4.98 Å². The molecule has 30 heavy (non-hydrogen) atoms. The van der Waals surface area contributed by atoms with Crippen LogP contribution in [-0.2, 0) is 32.1 Å². The van der Waals surface area contributed by atoms with Crippen molar-refractivity contribution in [2.24, 2.45) is 0 Å². The molecule has 0 unspecified atom stereocenters. The molecule has 0 aliphatic carbocycles. The zero-order valence-corrected chi connectivity index (χ0v) is 16.4. The van der Waals surface area contributed by atoms with E-state index in [1.807, 2.05) is 30.3 Å². The summed E-state index contributed by atoms with van der Waals surface area (Å²) in [6.45, 7) is 0.215. The number of methoxy groups -OCH3 is 1. The zero-order chi connectivity index (χ0) is 21.2. The van der Waals surface area contributed by atoms with E-state index in [0.717, 1.165) is 11.1 Å². The van der Waals surface area contributed by atoms with Crippen molar-refractivity contribution >= 4 is 17.6 Å². The van der Waals surface area contributed by atoms with Crippen LogP contribution in [0.3, 0.4) is 0 Å². The summed E-state index contributed by atoms with van der Waals surface area (Å²) >= 11 is 0. The van der Waals surface area contributed by atoms with E-state index < -0.39 is 0 Å². The molecule has 0 atom stereocenters. The van der Waals surface area contributed by atoms with Gasteiger partial charge in [-0.1, -0.05) is 42.5 Å². The second kappa shape index (κ2) is 10.7. The molecule has 154 valence electrons. The Labute approximate surface area is 173 Å². The topological polar surface area (TPSA) is 99.6 Å². The van der Waals surface area contributed by atoms with Crippen LogP contribution in [0.4, 0.5) is 5.69 Å². The van der Waals surface area contributed by atoms with Crippen LogP contribution in [0.25, 0.3) is 0 Å². The number of anilines is 1. The van der Waals surface area contributed by atoms with Crippen LogP contribution in [0.15, 0.2) is 67.1 Å². The Hall–Kier alpha value is -3.78. The number of rotatable bonds is 9. The first-order valence-electron chi connectivity index (χ1n) is 9.19. The molecule has 0 aliphatic heterocycles. The molecule has 3 rings (SSSR count). The third-order valence-electron chi connectivity index (χ3n) is 4.01. The Morgan fingerprint density at radius 2 is 1.77 bits per heavy atom. The Kier molecular flexibility index (Phi) is 7.45. The Morgan fingerprint density at radius 1 is 1.00 bits per heavy atom. The predicted molar refractivity (Wildman–Crippen MR) is 109 cm³/mol. The first kappa shape index (κ1) is 20.9. The number of esters is 1. The fourth-order valence-corrected chi connectivity index (χ4v) is 2.53. The van der Waals surface area contributed by atoms with Gasteiger partial charge in [0.25, 0.3) is 5.91 Å². The van der Waals surface area contributed by atoms with E-state index in [-0.39, 0.29) is 30.8 Å². The van der Waals surface area contributed by atoms with Gasteiger partial charge in [0.2, 0.25) is 5.88 Å². The summed E-state index contributed by atoms with van der Waals surface area (Å²) in [4.78, 5) is 31.5. The van der Waals surface area contributed by atoms with Gasteiger partial charge in [0.05, 0.1) is 26.3 Å². The third-order valence-corrected chi connectivity index (χ3v) is 4.01. The third kappa shape index (κ3) is 6.39. The number of nitrogens with zero attached hydrogens (tertiary/aromatic N) is 2. The van der Waals surface area contributed by atoms with E-state index in [2.05, 4.69) is 20.0 Å². The smallest absolute Gasteiger partial charge is 0.309 e. The van der Waals surface area contributed by atoms with Crippen molar-refractivity contribution in [2.45, 2.75) is 13.0 Å². The Balaban J connectivity index is 1.56. The molecule has 1 heterocycles. The van der Waals surface area contributed by atoms with Gasteiger partial charge in [0.1, 0.15) is 24.4 Å². The standard InChI is InChI=1S/C22H21N3O5/c1-28-21(27)11-16-7-9-18(10-8-16)30-22-19(12-23-15-24-22)25-20(26)14-29-13-17-5-3-2-4-6-17/h2-10,12,15H,11,13-14H2,1H3,(H,25,26). The SMILES string of the molecule is COC(=O)Cc1ccc(Oc2ncncc2NC(=O)COCc2ccccc2)cc1. The number of aromatic nitrogens is 2. The first-order chi connectivity index (χ1) is 14.6. The van der Waals surface area contributed by atoms with E-state index in [9.17, 15) is 9.59 Å². The molecule has 0 saturated heterocycles. The molecule has 0 spiro atoms. The van der Waals surface area contributed by atoms with Gasteiger partial charge in [0, 0.05) is 0 Å². The number of nitrogens with one attached hydrogen (secondary N) is 1. The second-order valence-corrected chi connectivity index (χ2v) is 6.27. The highest BCUT2D eigenvalue weighted by atomic mass is 16.5. The van der Waals surface area contributed by atoms with Crippen molar-refractivity contribution in [1.29, 1.82) is 0 Å². The quantitative estimate of drug-likeness (QED) is 0.544. The lowest BCUT2D eigenvalue weighted by atomic mass is 10.1. The highest BCUT2D eigenvalue weighted by Gasteiger charge is 2.11. The van der Waals surface area contributed by atoms with Crippen LogP contribution >= 0.6 is 0 Å². The molecule has 1 N–H and O–H groups in total. The van der Waals surface area contributed by atoms with E-state index in [1.54, 1.807) is 24.3 Å². The minimum atomic E-state index is -0.348. The van der Waals surface area contributed by atoms with E-state index >= 15 is 0 Å². The van der Waals surface area contributed by atoms with Crippen molar-refractivity contribution < 1.29 is 23.8 Å². The number of benzene rings is 2. The van der Waals surface area contributed by atoms with Crippen LogP contribution in [0.1, 0.15) is 11.1 Å². The van der Waals surface area contributed by atoms with Crippen LogP contribution in [-0.4, -0.2) is 35.6 Å². The van der Waals surface area contributed by atoms with Crippen molar-refractivity contribution in [3.05, 3.63) is 78.2 Å². The highest BCUT2D eigenvalue weighted by molar-refractivity contribution is 5.92. The number of amides is 1. The van der Waals surface area contributed by atoms with Crippen molar-refractivity contribution in [3.8, 4) is 11.6 Å². The minimum absolute atomic E-state index is 0.120. The van der Waals surface area contributed by atoms with Gasteiger partial charge >= 0.3 is 5.97 Å². The average molecular weight is 407 g/mol. The monoisotopic (exact) mass is 407 g/mol. The summed E-state index contributed by atoms with van der Waals surface area (Å²) in [7, 11) is 1.34. The zero-order valence-electron chi connectivity index (χ0n) is 16.4. The summed E-state index contributed by atoms with van der Waals surface area (Å²) in [6.07, 6.45) is 2.94. The maximum atomic E-state index is 12.2. The molecule has 0 fully saturated rings. The number of hydrogen-bond acceptors (Lipinski definition) is 7. The largest absolute Gasteiger partial charge is 0.469 e. The lowest BCUT2D eigenvalue weighted by molar-refractivity contribution is -0.139. The minimum Gasteiger partial charge on any atom is -0.469 e. The van der Waals surface area contributed by atoms with Gasteiger partial charge in [-0.2, -0.15) is 4.98 Å². The molecule has 0 saturated carbocycles. The number of carbonyl (C=O) groups excluding carboxylic acids is 2. The maximum absolute atomic E-state index is 12.2. The first-order valence-corrected chi connectivity index (χ1v) is 9.19. The maximum Gasteiger partial charge on any atom is 0.309 e. The fraction of sp³-hybridized carbons (Fsp3) is 0.182. The van der Waals surface area contributed by atoms with Crippen molar-refractivity contribution in [2.75, 3.05) is 19.0 Å². The lowest BCUT2D eigenvalue weighted by Crippen LogP contribution is -2.19. The molecular weight excluding hydrogens is 386 g/mol. The fourth-order valence-electron chi connectivity index (χ4n) is 2.53. The van der Waals surface area contributed by atoms with Gasteiger partial charge in [-0.15, -0.1) is 0 Å². The molecule has 1 amide bonds. The summed E-state index contributed by atoms with van der Waals surface area (Å²) in [5, 5.41) is 2.69. The van der Waals surface area contributed by atoms with E-state index in [0.29, 0.717) is 18.0 Å². The van der Waals surface area contributed by atoms with Crippen LogP contribution in [0, 0.1) is 0 Å². The van der Waals surface area contributed by atoms with Gasteiger partial charge in [-0.3, -0.25) is 9.59 Å². The van der Waals surface area contributed by atoms with Crippen LogP contribution in [0.2, 0.25) is 0 Å². The number of hydrogen-bond donors (Lipinski definition) is 1. The highest BCUT2D eigenvalue weighted by Crippen LogP contribution is 2.26. The molecule has 3 aromatic rings. The molecule has 0 radical (unpaired) electrons. The predicted octanol–water partition coefficient (Wildman–Crippen LogP) is 3.14. The van der Waals surface area contributed by atoms with Crippen molar-refractivity contribution in [1.82, 2.24) is 9.97 Å². The van der Waals surface area contributed by atoms with E-state index in [4.69, 9.17) is 9.47 Å². The summed E-state index contributed by atoms with van der Waals surface area (Å²) in [5.41, 5.74) is 2.10. The van der Waals surface area contributed by atoms with Gasteiger partial charge < -0.3 is 19.5 Å². The lowest BCUT2D eigenvalue weighted by Gasteiger charge is -2.11. The van der Waals surface area contributed by atoms with Crippen LogP contribution in [0.5, 0.6) is 11.6 Å². The van der Waals surface area contributed by atoms with Crippen LogP contribution < -0.4 is 10.1 Å². The van der Waals surface area contributed by atoms with Crippen molar-refractivity contribution in [3.63, 3.8) is 0 Å². The molecule has 0 bridgehead atoms. The average Bonchev–Trinajstić information content (AvgIpc) is 2.77. The molecule has 2 aromatic carbocycles. The van der Waals surface area contributed by atoms with E-state index in [1.165, 1.54) is 19.6 Å². The Bertz CT molecular complexity index is 978. The number of carbonyl (C=O) groups is 2. The normalized spacial score (nSPS) is 10.3. The Morgan fingerprint density at radius 3 is 2.50 bits per heavy atom. The molecule has 0 aliphatic rings. The summed E-state index contributed by atoms with van der Waals surface area (Å²) < 4.78 is 15.8. The summed E-state index contributed by atoms with van der Waals surface area (Å²) in [5.74, 6) is 0.0261. The second-order valence-electron chi connectivity index (χ2n) is 6.27. The molecule has 8 heteroatoms. The van der Waals surface area contributed by atoms with Gasteiger partial charge in [-0.05, 0) is 23.3 Å². The number of ether oxygens (including phenoxy) is 3. The summed E-state index contributed by atoms with van der Waals surface area (Å²) in [6, 6.07) is 16.5.